The molecule has 0 bridgehead atoms. The van der Waals surface area contributed by atoms with Crippen molar-refractivity contribution in [3.63, 3.8) is 0 Å². The van der Waals surface area contributed by atoms with Gasteiger partial charge in [-0.3, -0.25) is 14.4 Å². The molecule has 9 heteroatoms. The summed E-state index contributed by atoms with van der Waals surface area (Å²) in [6, 6.07) is 5.45. The summed E-state index contributed by atoms with van der Waals surface area (Å²) in [6.07, 6.45) is 0.944. The summed E-state index contributed by atoms with van der Waals surface area (Å²) in [5.41, 5.74) is 6.85. The van der Waals surface area contributed by atoms with Gasteiger partial charge >= 0.3 is 5.97 Å². The minimum atomic E-state index is -1.13. The number of hydrogen-bond donors (Lipinski definition) is 5. The molecule has 4 atom stereocenters. The summed E-state index contributed by atoms with van der Waals surface area (Å²) in [6.45, 7) is 11.2. The predicted octanol–water partition coefficient (Wildman–Crippen LogP) is 1.84. The van der Waals surface area contributed by atoms with Crippen molar-refractivity contribution in [2.45, 2.75) is 85.0 Å². The molecule has 0 aliphatic heterocycles. The number of benzene rings is 1. The molecule has 1 aromatic carbocycles. The Morgan fingerprint density at radius 3 is 1.80 bits per heavy atom. The molecule has 0 aliphatic rings. The van der Waals surface area contributed by atoms with Crippen LogP contribution in [0.1, 0.15) is 59.9 Å². The number of carboxylic acid groups (broad SMARTS) is 1. The van der Waals surface area contributed by atoms with Gasteiger partial charge in [0, 0.05) is 6.42 Å². The van der Waals surface area contributed by atoms with E-state index in [1.165, 1.54) is 0 Å². The Kier molecular flexibility index (Phi) is 12.4. The molecule has 1 rings (SSSR count). The third kappa shape index (κ3) is 10.9. The van der Waals surface area contributed by atoms with Crippen molar-refractivity contribution in [1.82, 2.24) is 16.0 Å². The van der Waals surface area contributed by atoms with Gasteiger partial charge in [-0.25, -0.2) is 4.79 Å². The first-order chi connectivity index (χ1) is 16.3. The molecule has 0 aliphatic carbocycles. The fraction of sp³-hybridized carbons (Fsp3) is 0.615. The fourth-order valence-electron chi connectivity index (χ4n) is 3.70. The summed E-state index contributed by atoms with van der Waals surface area (Å²) >= 11 is 0. The maximum Gasteiger partial charge on any atom is 0.326 e. The number of rotatable bonds is 14. The van der Waals surface area contributed by atoms with Crippen LogP contribution in [0.25, 0.3) is 0 Å². The van der Waals surface area contributed by atoms with E-state index < -0.39 is 47.9 Å². The Hall–Kier alpha value is -2.94. The largest absolute Gasteiger partial charge is 0.480 e. The van der Waals surface area contributed by atoms with Gasteiger partial charge in [0.1, 0.15) is 18.1 Å². The first kappa shape index (κ1) is 30.1. The quantitative estimate of drug-likeness (QED) is 0.268. The first-order valence-corrected chi connectivity index (χ1v) is 12.2. The molecule has 3 amide bonds. The number of nitrogens with two attached hydrogens (primary N) is 1. The second-order valence-corrected chi connectivity index (χ2v) is 10.2. The van der Waals surface area contributed by atoms with Crippen molar-refractivity contribution in [3.05, 3.63) is 35.9 Å². The van der Waals surface area contributed by atoms with Crippen LogP contribution in [0.2, 0.25) is 0 Å². The van der Waals surface area contributed by atoms with Gasteiger partial charge in [-0.1, -0.05) is 71.9 Å². The average Bonchev–Trinajstić information content (AvgIpc) is 2.75. The number of aliphatic carboxylic acids is 1. The number of amides is 3. The van der Waals surface area contributed by atoms with Gasteiger partial charge in [0.25, 0.3) is 0 Å². The normalized spacial score (nSPS) is 14.8. The van der Waals surface area contributed by atoms with Gasteiger partial charge in [-0.05, 0) is 36.2 Å². The molecule has 1 aromatic rings. The molecule has 0 heterocycles. The second kappa shape index (κ2) is 14.5. The van der Waals surface area contributed by atoms with E-state index >= 15 is 0 Å². The Balaban J connectivity index is 3.06. The van der Waals surface area contributed by atoms with Crippen molar-refractivity contribution in [3.8, 4) is 0 Å². The molecule has 0 saturated heterocycles. The molecule has 0 fully saturated rings. The van der Waals surface area contributed by atoms with E-state index in [1.54, 1.807) is 13.8 Å². The van der Waals surface area contributed by atoms with Crippen LogP contribution in [0.5, 0.6) is 0 Å². The average molecular weight is 491 g/mol. The molecule has 4 unspecified atom stereocenters. The number of carbonyl (C=O) groups excluding carboxylic acids is 3. The number of hydrogen-bond acceptors (Lipinski definition) is 5. The van der Waals surface area contributed by atoms with E-state index in [9.17, 15) is 24.3 Å². The lowest BCUT2D eigenvalue weighted by atomic mass is 9.99. The van der Waals surface area contributed by atoms with E-state index in [2.05, 4.69) is 16.0 Å². The van der Waals surface area contributed by atoms with E-state index in [4.69, 9.17) is 5.73 Å². The van der Waals surface area contributed by atoms with E-state index in [-0.39, 0.29) is 30.6 Å². The van der Waals surface area contributed by atoms with E-state index in [0.29, 0.717) is 6.42 Å². The van der Waals surface area contributed by atoms with E-state index in [0.717, 1.165) is 5.56 Å². The Morgan fingerprint density at radius 2 is 1.31 bits per heavy atom. The Morgan fingerprint density at radius 1 is 0.771 bits per heavy atom. The van der Waals surface area contributed by atoms with Crippen LogP contribution in [-0.4, -0.2) is 53.0 Å². The fourth-order valence-corrected chi connectivity index (χ4v) is 3.70. The van der Waals surface area contributed by atoms with Crippen LogP contribution in [0.3, 0.4) is 0 Å². The van der Waals surface area contributed by atoms with Gasteiger partial charge in [-0.2, -0.15) is 0 Å². The maximum absolute atomic E-state index is 13.3. The molecule has 0 aromatic heterocycles. The summed E-state index contributed by atoms with van der Waals surface area (Å²) < 4.78 is 0. The van der Waals surface area contributed by atoms with Gasteiger partial charge < -0.3 is 26.8 Å². The highest BCUT2D eigenvalue weighted by Gasteiger charge is 2.32. The Bertz CT molecular complexity index is 841. The summed E-state index contributed by atoms with van der Waals surface area (Å²) in [7, 11) is 0. The van der Waals surface area contributed by atoms with Gasteiger partial charge in [0.05, 0.1) is 6.04 Å². The lowest BCUT2D eigenvalue weighted by Crippen LogP contribution is -2.59. The highest BCUT2D eigenvalue weighted by Crippen LogP contribution is 2.10. The van der Waals surface area contributed by atoms with Crippen LogP contribution >= 0.6 is 0 Å². The third-order valence-corrected chi connectivity index (χ3v) is 5.55. The molecule has 0 radical (unpaired) electrons. The van der Waals surface area contributed by atoms with Crippen molar-refractivity contribution in [1.29, 1.82) is 0 Å². The van der Waals surface area contributed by atoms with Crippen molar-refractivity contribution in [2.24, 2.45) is 23.5 Å². The number of nitrogens with one attached hydrogen (secondary N) is 3. The molecule has 6 N–H and O–H groups in total. The zero-order valence-corrected chi connectivity index (χ0v) is 21.7. The standard InChI is InChI=1S/C26H42N4O5/c1-15(2)12-19(27)23(31)28-20(14-18-10-8-7-9-11-18)24(32)30-22(17(5)6)25(33)29-21(26(34)35)13-16(3)4/h7-11,15-17,19-22H,12-14,27H2,1-6H3,(H,28,31)(H,29,33)(H,30,32)(H,34,35). The predicted molar refractivity (Wildman–Crippen MR) is 135 cm³/mol. The Labute approximate surface area is 208 Å². The van der Waals surface area contributed by atoms with Gasteiger partial charge in [-0.15, -0.1) is 0 Å². The number of carbonyl (C=O) groups is 4. The zero-order valence-electron chi connectivity index (χ0n) is 21.7. The van der Waals surface area contributed by atoms with Crippen molar-refractivity contribution >= 4 is 23.7 Å². The summed E-state index contributed by atoms with van der Waals surface area (Å²) in [4.78, 5) is 50.5. The van der Waals surface area contributed by atoms with Crippen LogP contribution in [0, 0.1) is 17.8 Å². The van der Waals surface area contributed by atoms with Gasteiger partial charge in [0.2, 0.25) is 17.7 Å². The maximum atomic E-state index is 13.3. The van der Waals surface area contributed by atoms with Crippen LogP contribution in [0.15, 0.2) is 30.3 Å². The van der Waals surface area contributed by atoms with Crippen LogP contribution in [0.4, 0.5) is 0 Å². The monoisotopic (exact) mass is 490 g/mol. The highest BCUT2D eigenvalue weighted by atomic mass is 16.4. The molecule has 0 spiro atoms. The SMILES string of the molecule is CC(C)CC(N)C(=O)NC(Cc1ccccc1)C(=O)NC(C(=O)NC(CC(C)C)C(=O)O)C(C)C. The topological polar surface area (TPSA) is 151 Å². The lowest BCUT2D eigenvalue weighted by Gasteiger charge is -2.27. The first-order valence-electron chi connectivity index (χ1n) is 12.2. The van der Waals surface area contributed by atoms with Crippen molar-refractivity contribution < 1.29 is 24.3 Å². The zero-order chi connectivity index (χ0) is 26.7. The number of carboxylic acids is 1. The lowest BCUT2D eigenvalue weighted by molar-refractivity contribution is -0.143. The van der Waals surface area contributed by atoms with Gasteiger partial charge in [0.15, 0.2) is 0 Å². The molecule has 196 valence electrons. The molecule has 35 heavy (non-hydrogen) atoms. The summed E-state index contributed by atoms with van der Waals surface area (Å²) in [5.74, 6) is -2.74. The molecular weight excluding hydrogens is 448 g/mol. The van der Waals surface area contributed by atoms with Crippen LogP contribution in [-0.2, 0) is 25.6 Å². The smallest absolute Gasteiger partial charge is 0.326 e. The third-order valence-electron chi connectivity index (χ3n) is 5.55. The minimum Gasteiger partial charge on any atom is -0.480 e. The summed E-state index contributed by atoms with van der Waals surface area (Å²) in [5, 5.41) is 17.5. The minimum absolute atomic E-state index is 0.0593. The van der Waals surface area contributed by atoms with Crippen molar-refractivity contribution in [2.75, 3.05) is 0 Å². The van der Waals surface area contributed by atoms with E-state index in [1.807, 2.05) is 58.0 Å². The highest BCUT2D eigenvalue weighted by molar-refractivity contribution is 5.94. The second-order valence-electron chi connectivity index (χ2n) is 10.2. The molecular formula is C26H42N4O5. The molecule has 0 saturated carbocycles. The van der Waals surface area contributed by atoms with Crippen LogP contribution < -0.4 is 21.7 Å². The molecule has 9 nitrogen and oxygen atoms in total.